The molecule has 2 heterocycles. The van der Waals surface area contributed by atoms with Crippen LogP contribution < -0.4 is 5.32 Å². The lowest BCUT2D eigenvalue weighted by molar-refractivity contribution is 0.663. The summed E-state index contributed by atoms with van der Waals surface area (Å²) in [6.45, 7) is 4.05. The zero-order valence-electron chi connectivity index (χ0n) is 9.88. The highest BCUT2D eigenvalue weighted by Gasteiger charge is 2.02. The third-order valence-electron chi connectivity index (χ3n) is 2.34. The van der Waals surface area contributed by atoms with E-state index >= 15 is 0 Å². The lowest BCUT2D eigenvalue weighted by atomic mass is 10.3. The topological polar surface area (TPSA) is 55.6 Å². The highest BCUT2D eigenvalue weighted by molar-refractivity contribution is 7.99. The van der Waals surface area contributed by atoms with Gasteiger partial charge in [-0.05, 0) is 34.4 Å². The van der Waals surface area contributed by atoms with Crippen LogP contribution in [0.1, 0.15) is 10.4 Å². The lowest BCUT2D eigenvalue weighted by Gasteiger charge is -2.03. The van der Waals surface area contributed by atoms with Crippen molar-refractivity contribution in [3.63, 3.8) is 0 Å². The van der Waals surface area contributed by atoms with E-state index < -0.39 is 0 Å². The van der Waals surface area contributed by atoms with Gasteiger partial charge in [-0.3, -0.25) is 0 Å². The highest BCUT2D eigenvalue weighted by atomic mass is 32.2. The third kappa shape index (κ3) is 3.52. The van der Waals surface area contributed by atoms with Crippen molar-refractivity contribution in [2.75, 3.05) is 12.3 Å². The van der Waals surface area contributed by atoms with Crippen LogP contribution in [0, 0.1) is 6.92 Å². The Labute approximate surface area is 109 Å². The number of thiophene rings is 1. The SMILES string of the molecule is Cc1ccsc1CNCCSc1nnnn1C. The van der Waals surface area contributed by atoms with Gasteiger partial charge in [-0.15, -0.1) is 16.4 Å². The van der Waals surface area contributed by atoms with E-state index in [4.69, 9.17) is 0 Å². The number of thioether (sulfide) groups is 1. The van der Waals surface area contributed by atoms with Crippen LogP contribution in [0.5, 0.6) is 0 Å². The van der Waals surface area contributed by atoms with E-state index in [-0.39, 0.29) is 0 Å². The summed E-state index contributed by atoms with van der Waals surface area (Å²) in [5.41, 5.74) is 1.37. The van der Waals surface area contributed by atoms with Crippen molar-refractivity contribution in [1.82, 2.24) is 25.5 Å². The smallest absolute Gasteiger partial charge is 0.209 e. The molecule has 0 unspecified atom stereocenters. The summed E-state index contributed by atoms with van der Waals surface area (Å²) in [7, 11) is 1.85. The summed E-state index contributed by atoms with van der Waals surface area (Å²) >= 11 is 3.46. The van der Waals surface area contributed by atoms with Gasteiger partial charge < -0.3 is 5.32 Å². The molecular weight excluding hydrogens is 254 g/mol. The van der Waals surface area contributed by atoms with Crippen molar-refractivity contribution in [2.45, 2.75) is 18.6 Å². The predicted octanol–water partition coefficient (Wildman–Crippen LogP) is 1.46. The van der Waals surface area contributed by atoms with E-state index in [1.54, 1.807) is 27.8 Å². The lowest BCUT2D eigenvalue weighted by Crippen LogP contribution is -2.16. The van der Waals surface area contributed by atoms with Gasteiger partial charge in [0.25, 0.3) is 0 Å². The molecular formula is C10H15N5S2. The number of hydrogen-bond acceptors (Lipinski definition) is 6. The van der Waals surface area contributed by atoms with Gasteiger partial charge in [0, 0.05) is 30.8 Å². The molecule has 0 aliphatic rings. The van der Waals surface area contributed by atoms with Crippen LogP contribution in [0.25, 0.3) is 0 Å². The van der Waals surface area contributed by atoms with E-state index in [9.17, 15) is 0 Å². The van der Waals surface area contributed by atoms with Crippen LogP contribution in [-0.2, 0) is 13.6 Å². The molecule has 0 spiro atoms. The largest absolute Gasteiger partial charge is 0.311 e. The first-order valence-corrected chi connectivity index (χ1v) is 7.22. The molecule has 2 aromatic rings. The average Bonchev–Trinajstić information content (AvgIpc) is 2.89. The van der Waals surface area contributed by atoms with Crippen LogP contribution in [0.2, 0.25) is 0 Å². The number of hydrogen-bond donors (Lipinski definition) is 1. The van der Waals surface area contributed by atoms with E-state index in [1.165, 1.54) is 10.4 Å². The fourth-order valence-electron chi connectivity index (χ4n) is 1.35. The quantitative estimate of drug-likeness (QED) is 0.635. The molecule has 17 heavy (non-hydrogen) atoms. The van der Waals surface area contributed by atoms with Crippen LogP contribution in [0.3, 0.4) is 0 Å². The van der Waals surface area contributed by atoms with Gasteiger partial charge >= 0.3 is 0 Å². The second-order valence-electron chi connectivity index (χ2n) is 3.64. The van der Waals surface area contributed by atoms with Crippen molar-refractivity contribution in [2.24, 2.45) is 7.05 Å². The normalized spacial score (nSPS) is 10.9. The Morgan fingerprint density at radius 3 is 3.06 bits per heavy atom. The minimum absolute atomic E-state index is 0.860. The molecule has 0 aromatic carbocycles. The molecule has 0 bridgehead atoms. The van der Waals surface area contributed by atoms with Crippen molar-refractivity contribution in [3.05, 3.63) is 21.9 Å². The van der Waals surface area contributed by atoms with E-state index in [0.717, 1.165) is 24.0 Å². The van der Waals surface area contributed by atoms with Gasteiger partial charge in [-0.2, -0.15) is 0 Å². The number of tetrazole rings is 1. The fourth-order valence-corrected chi connectivity index (χ4v) is 2.97. The van der Waals surface area contributed by atoms with Gasteiger partial charge in [0.1, 0.15) is 0 Å². The van der Waals surface area contributed by atoms with Gasteiger partial charge in [0.15, 0.2) is 0 Å². The van der Waals surface area contributed by atoms with Gasteiger partial charge in [-0.25, -0.2) is 4.68 Å². The summed E-state index contributed by atoms with van der Waals surface area (Å²) in [5, 5.41) is 17.7. The number of aryl methyl sites for hydroxylation is 2. The molecule has 7 heteroatoms. The molecule has 1 N–H and O–H groups in total. The summed E-state index contributed by atoms with van der Waals surface area (Å²) in [5.74, 6) is 0.971. The third-order valence-corrected chi connectivity index (χ3v) is 4.38. The summed E-state index contributed by atoms with van der Waals surface area (Å²) in [6, 6.07) is 2.15. The Balaban J connectivity index is 1.64. The van der Waals surface area contributed by atoms with E-state index in [0.29, 0.717) is 0 Å². The Morgan fingerprint density at radius 2 is 2.41 bits per heavy atom. The van der Waals surface area contributed by atoms with Crippen molar-refractivity contribution in [3.8, 4) is 0 Å². The first-order valence-electron chi connectivity index (χ1n) is 5.36. The second-order valence-corrected chi connectivity index (χ2v) is 5.70. The van der Waals surface area contributed by atoms with Crippen LogP contribution in [0.15, 0.2) is 16.6 Å². The molecule has 0 fully saturated rings. The number of nitrogens with zero attached hydrogens (tertiary/aromatic N) is 4. The van der Waals surface area contributed by atoms with Crippen molar-refractivity contribution < 1.29 is 0 Å². The molecule has 0 saturated carbocycles. The summed E-state index contributed by atoms with van der Waals surface area (Å²) < 4.78 is 1.69. The number of rotatable bonds is 6. The zero-order valence-corrected chi connectivity index (χ0v) is 11.5. The molecule has 92 valence electrons. The maximum Gasteiger partial charge on any atom is 0.209 e. The Morgan fingerprint density at radius 1 is 1.53 bits per heavy atom. The van der Waals surface area contributed by atoms with Crippen LogP contribution in [0.4, 0.5) is 0 Å². The van der Waals surface area contributed by atoms with Gasteiger partial charge in [-0.1, -0.05) is 11.8 Å². The van der Waals surface area contributed by atoms with Crippen LogP contribution >= 0.6 is 23.1 Å². The molecule has 0 saturated heterocycles. The van der Waals surface area contributed by atoms with E-state index in [1.807, 2.05) is 7.05 Å². The Bertz CT molecular complexity index is 422. The average molecular weight is 269 g/mol. The second kappa shape index (κ2) is 6.13. The standard InChI is InChI=1S/C10H15N5S2/c1-8-3-5-16-9(8)7-11-4-6-17-10-12-13-14-15(10)2/h3,5,11H,4,6-7H2,1-2H3. The maximum absolute atomic E-state index is 3.92. The van der Waals surface area contributed by atoms with Crippen LogP contribution in [-0.4, -0.2) is 32.5 Å². The van der Waals surface area contributed by atoms with Crippen molar-refractivity contribution >= 4 is 23.1 Å². The summed E-state index contributed by atoms with van der Waals surface area (Å²) in [6.07, 6.45) is 0. The molecule has 0 aliphatic carbocycles. The maximum atomic E-state index is 3.92. The molecule has 5 nitrogen and oxygen atoms in total. The number of nitrogens with one attached hydrogen (secondary N) is 1. The minimum atomic E-state index is 0.860. The zero-order chi connectivity index (χ0) is 12.1. The summed E-state index contributed by atoms with van der Waals surface area (Å²) in [4.78, 5) is 1.41. The highest BCUT2D eigenvalue weighted by Crippen LogP contribution is 2.15. The first-order chi connectivity index (χ1) is 8.27. The predicted molar refractivity (Wildman–Crippen MR) is 70.3 cm³/mol. The van der Waals surface area contributed by atoms with Gasteiger partial charge in [0.05, 0.1) is 0 Å². The molecule has 0 radical (unpaired) electrons. The van der Waals surface area contributed by atoms with Crippen molar-refractivity contribution in [1.29, 1.82) is 0 Å². The Kier molecular flexibility index (Phi) is 4.52. The first kappa shape index (κ1) is 12.5. The van der Waals surface area contributed by atoms with E-state index in [2.05, 4.69) is 39.2 Å². The Hall–Kier alpha value is -0.920. The molecule has 0 amide bonds. The molecule has 0 atom stereocenters. The molecule has 0 aliphatic heterocycles. The molecule has 2 aromatic heterocycles. The number of aromatic nitrogens is 4. The fraction of sp³-hybridized carbons (Fsp3) is 0.500. The molecule has 2 rings (SSSR count). The minimum Gasteiger partial charge on any atom is -0.311 e. The van der Waals surface area contributed by atoms with Gasteiger partial charge in [0.2, 0.25) is 5.16 Å². The monoisotopic (exact) mass is 269 g/mol.